The number of phenolic OH excluding ortho intramolecular Hbond substituents is 1. The molecule has 3 rings (SSSR count). The van der Waals surface area contributed by atoms with E-state index in [4.69, 9.17) is 0 Å². The minimum atomic E-state index is -4.34. The maximum atomic E-state index is 12.7. The molecular weight excluding hydrogens is 403 g/mol. The zero-order valence-corrected chi connectivity index (χ0v) is 17.3. The van der Waals surface area contributed by atoms with E-state index in [1.165, 1.54) is 23.5 Å². The summed E-state index contributed by atoms with van der Waals surface area (Å²) in [6, 6.07) is 10.7. The molecule has 1 aromatic heterocycles. The molecule has 2 aromatic carbocycles. The van der Waals surface area contributed by atoms with Gasteiger partial charge in [-0.1, -0.05) is 26.0 Å². The number of aromatic hydroxyl groups is 1. The van der Waals surface area contributed by atoms with Crippen LogP contribution in [0.1, 0.15) is 41.5 Å². The van der Waals surface area contributed by atoms with E-state index in [1.54, 1.807) is 17.8 Å². The smallest absolute Gasteiger partial charge is 0.416 e. The van der Waals surface area contributed by atoms with Crippen molar-refractivity contribution in [2.75, 3.05) is 0 Å². The van der Waals surface area contributed by atoms with Crippen LogP contribution in [-0.2, 0) is 11.9 Å². The van der Waals surface area contributed by atoms with Crippen molar-refractivity contribution in [3.63, 3.8) is 0 Å². The third-order valence-corrected chi connectivity index (χ3v) is 6.75. The van der Waals surface area contributed by atoms with E-state index >= 15 is 0 Å². The number of aromatic nitrogens is 1. The summed E-state index contributed by atoms with van der Waals surface area (Å²) in [6.07, 6.45) is -4.34. The fourth-order valence-corrected chi connectivity index (χ4v) is 4.88. The maximum Gasteiger partial charge on any atom is 0.416 e. The molecule has 0 amide bonds. The largest absolute Gasteiger partial charge is 0.508 e. The highest BCUT2D eigenvalue weighted by Crippen LogP contribution is 2.36. The van der Waals surface area contributed by atoms with Crippen molar-refractivity contribution in [1.82, 2.24) is 4.98 Å². The Kier molecular flexibility index (Phi) is 6.05. The van der Waals surface area contributed by atoms with Gasteiger partial charge in [-0.3, -0.25) is 0 Å². The molecule has 1 N–H and O–H groups in total. The van der Waals surface area contributed by atoms with Gasteiger partial charge in [0.1, 0.15) is 10.8 Å². The standard InChI is InChI=1S/C21H20F3NOS2/c1-12(2)17-10-16(8-9-18(17)26)27-11-19-13(3)25-20(28-19)14-4-6-15(7-5-14)21(22,23)24/h4-10,12,26H,11H2,1-3H3. The summed E-state index contributed by atoms with van der Waals surface area (Å²) < 4.78 is 38.2. The number of thiazole rings is 1. The first-order valence-corrected chi connectivity index (χ1v) is 10.5. The van der Waals surface area contributed by atoms with Crippen molar-refractivity contribution in [1.29, 1.82) is 0 Å². The van der Waals surface area contributed by atoms with Crippen LogP contribution in [0.3, 0.4) is 0 Å². The van der Waals surface area contributed by atoms with E-state index in [9.17, 15) is 18.3 Å². The summed E-state index contributed by atoms with van der Waals surface area (Å²) >= 11 is 3.15. The zero-order chi connectivity index (χ0) is 20.5. The van der Waals surface area contributed by atoms with Crippen LogP contribution in [0.5, 0.6) is 5.75 Å². The molecule has 0 aliphatic carbocycles. The molecule has 1 heterocycles. The van der Waals surface area contributed by atoms with Crippen molar-refractivity contribution >= 4 is 23.1 Å². The van der Waals surface area contributed by atoms with Crippen LogP contribution in [0.25, 0.3) is 10.6 Å². The first-order chi connectivity index (χ1) is 13.1. The average molecular weight is 424 g/mol. The number of nitrogens with zero attached hydrogens (tertiary/aromatic N) is 1. The third kappa shape index (κ3) is 4.70. The summed E-state index contributed by atoms with van der Waals surface area (Å²) in [5.74, 6) is 1.25. The van der Waals surface area contributed by atoms with Crippen molar-refractivity contribution in [2.45, 2.75) is 43.5 Å². The summed E-state index contributed by atoms with van der Waals surface area (Å²) in [7, 11) is 0. The highest BCUT2D eigenvalue weighted by atomic mass is 32.2. The lowest BCUT2D eigenvalue weighted by atomic mass is 10.0. The van der Waals surface area contributed by atoms with Gasteiger partial charge in [-0.15, -0.1) is 23.1 Å². The van der Waals surface area contributed by atoms with Gasteiger partial charge in [-0.25, -0.2) is 4.98 Å². The fraction of sp³-hybridized carbons (Fsp3) is 0.286. The van der Waals surface area contributed by atoms with Gasteiger partial charge in [0.05, 0.1) is 11.3 Å². The number of alkyl halides is 3. The van der Waals surface area contributed by atoms with Crippen LogP contribution in [0.4, 0.5) is 13.2 Å². The van der Waals surface area contributed by atoms with Gasteiger partial charge < -0.3 is 5.11 Å². The predicted molar refractivity (Wildman–Crippen MR) is 109 cm³/mol. The Labute approximate surface area is 170 Å². The van der Waals surface area contributed by atoms with Crippen LogP contribution in [0.15, 0.2) is 47.4 Å². The molecule has 148 valence electrons. The maximum absolute atomic E-state index is 12.7. The summed E-state index contributed by atoms with van der Waals surface area (Å²) in [5, 5.41) is 10.7. The number of rotatable bonds is 5. The molecule has 0 atom stereocenters. The SMILES string of the molecule is Cc1nc(-c2ccc(C(F)(F)F)cc2)sc1CSc1ccc(O)c(C(C)C)c1. The second-order valence-electron chi connectivity index (χ2n) is 6.77. The first-order valence-electron chi connectivity index (χ1n) is 8.75. The van der Waals surface area contributed by atoms with E-state index in [2.05, 4.69) is 4.98 Å². The Bertz CT molecular complexity index is 963. The van der Waals surface area contributed by atoms with Crippen LogP contribution in [0, 0.1) is 6.92 Å². The summed E-state index contributed by atoms with van der Waals surface area (Å²) in [5.41, 5.74) is 1.82. The van der Waals surface area contributed by atoms with Crippen molar-refractivity contribution in [3.8, 4) is 16.3 Å². The third-order valence-electron chi connectivity index (χ3n) is 4.34. The van der Waals surface area contributed by atoms with E-state index < -0.39 is 11.7 Å². The molecule has 28 heavy (non-hydrogen) atoms. The molecule has 0 saturated heterocycles. The molecule has 0 saturated carbocycles. The van der Waals surface area contributed by atoms with E-state index in [1.807, 2.05) is 32.9 Å². The van der Waals surface area contributed by atoms with Crippen LogP contribution in [0.2, 0.25) is 0 Å². The Morgan fingerprint density at radius 2 is 1.79 bits per heavy atom. The Hall–Kier alpha value is -1.99. The average Bonchev–Trinajstić information content (AvgIpc) is 3.01. The first kappa shape index (κ1) is 20.7. The lowest BCUT2D eigenvalue weighted by Crippen LogP contribution is -2.03. The highest BCUT2D eigenvalue weighted by molar-refractivity contribution is 7.98. The number of benzene rings is 2. The number of hydrogen-bond donors (Lipinski definition) is 1. The molecular formula is C21H20F3NOS2. The molecule has 7 heteroatoms. The Morgan fingerprint density at radius 3 is 2.39 bits per heavy atom. The van der Waals surface area contributed by atoms with Crippen LogP contribution < -0.4 is 0 Å². The van der Waals surface area contributed by atoms with Gasteiger partial charge in [0.15, 0.2) is 0 Å². The number of hydrogen-bond acceptors (Lipinski definition) is 4. The molecule has 0 unspecified atom stereocenters. The molecule has 0 radical (unpaired) electrons. The quantitative estimate of drug-likeness (QED) is 0.439. The van der Waals surface area contributed by atoms with Gasteiger partial charge in [0, 0.05) is 21.1 Å². The Morgan fingerprint density at radius 1 is 1.11 bits per heavy atom. The number of aryl methyl sites for hydroxylation is 1. The predicted octanol–water partition coefficient (Wildman–Crippen LogP) is 7.26. The van der Waals surface area contributed by atoms with E-state index in [0.29, 0.717) is 17.1 Å². The van der Waals surface area contributed by atoms with Gasteiger partial charge in [0.2, 0.25) is 0 Å². The molecule has 0 spiro atoms. The molecule has 0 aliphatic rings. The van der Waals surface area contributed by atoms with Crippen molar-refractivity contribution in [3.05, 3.63) is 64.2 Å². The minimum Gasteiger partial charge on any atom is -0.508 e. The van der Waals surface area contributed by atoms with Gasteiger partial charge >= 0.3 is 6.18 Å². The van der Waals surface area contributed by atoms with Gasteiger partial charge in [-0.2, -0.15) is 13.2 Å². The number of thioether (sulfide) groups is 1. The molecule has 0 aliphatic heterocycles. The lowest BCUT2D eigenvalue weighted by molar-refractivity contribution is -0.137. The second-order valence-corrected chi connectivity index (χ2v) is 8.90. The lowest BCUT2D eigenvalue weighted by Gasteiger charge is -2.10. The fourth-order valence-electron chi connectivity index (χ4n) is 2.72. The monoisotopic (exact) mass is 423 g/mol. The second kappa shape index (κ2) is 8.17. The highest BCUT2D eigenvalue weighted by Gasteiger charge is 2.30. The number of phenols is 1. The molecule has 0 fully saturated rings. The molecule has 2 nitrogen and oxygen atoms in total. The van der Waals surface area contributed by atoms with E-state index in [0.717, 1.165) is 38.2 Å². The van der Waals surface area contributed by atoms with Crippen molar-refractivity contribution < 1.29 is 18.3 Å². The topological polar surface area (TPSA) is 33.1 Å². The summed E-state index contributed by atoms with van der Waals surface area (Å²) in [6.45, 7) is 5.98. The Balaban J connectivity index is 1.75. The van der Waals surface area contributed by atoms with Crippen molar-refractivity contribution in [2.24, 2.45) is 0 Å². The minimum absolute atomic E-state index is 0.233. The summed E-state index contributed by atoms with van der Waals surface area (Å²) in [4.78, 5) is 6.67. The van der Waals surface area contributed by atoms with Gasteiger partial charge in [0.25, 0.3) is 0 Å². The number of halogens is 3. The van der Waals surface area contributed by atoms with Crippen LogP contribution >= 0.6 is 23.1 Å². The van der Waals surface area contributed by atoms with Crippen LogP contribution in [-0.4, -0.2) is 10.1 Å². The zero-order valence-electron chi connectivity index (χ0n) is 15.7. The normalized spacial score (nSPS) is 12.0. The van der Waals surface area contributed by atoms with E-state index in [-0.39, 0.29) is 5.92 Å². The molecule has 0 bridgehead atoms. The molecule has 3 aromatic rings. The van der Waals surface area contributed by atoms with Gasteiger partial charge in [-0.05, 0) is 48.7 Å².